The Morgan fingerprint density at radius 1 is 1.05 bits per heavy atom. The molecule has 4 atom stereocenters. The maximum atomic E-state index is 12.9. The zero-order valence-corrected chi connectivity index (χ0v) is 23.7. The molecule has 2 aliphatic heterocycles. The van der Waals surface area contributed by atoms with Crippen molar-refractivity contribution in [1.82, 2.24) is 20.4 Å². The first-order valence-corrected chi connectivity index (χ1v) is 13.8. The van der Waals surface area contributed by atoms with Gasteiger partial charge < -0.3 is 46.9 Å². The third-order valence-corrected chi connectivity index (χ3v) is 6.88. The number of carboxylic acids is 2. The minimum absolute atomic E-state index is 0.0872. The molecule has 0 unspecified atom stereocenters. The van der Waals surface area contributed by atoms with Gasteiger partial charge in [-0.2, -0.15) is 0 Å². The summed E-state index contributed by atoms with van der Waals surface area (Å²) in [6, 6.07) is 5.97. The number of hydrogen-bond acceptors (Lipinski definition) is 8. The van der Waals surface area contributed by atoms with E-state index in [1.807, 2.05) is 30.3 Å². The van der Waals surface area contributed by atoms with Gasteiger partial charge >= 0.3 is 18.0 Å². The first-order chi connectivity index (χ1) is 19.9. The first-order valence-electron chi connectivity index (χ1n) is 13.8. The van der Waals surface area contributed by atoms with Gasteiger partial charge in [0, 0.05) is 19.6 Å². The van der Waals surface area contributed by atoms with E-state index in [-0.39, 0.29) is 24.4 Å². The summed E-state index contributed by atoms with van der Waals surface area (Å²) in [4.78, 5) is 62.3. The molecule has 42 heavy (non-hydrogen) atoms. The molecule has 0 bridgehead atoms. The zero-order chi connectivity index (χ0) is 31.2. The average molecular weight is 592 g/mol. The minimum Gasteiger partial charge on any atom is -0.480 e. The number of hydrogen-bond donors (Lipinski definition) is 7. The zero-order valence-electron chi connectivity index (χ0n) is 23.7. The van der Waals surface area contributed by atoms with Crippen LogP contribution >= 0.6 is 0 Å². The molecule has 0 aromatic heterocycles. The summed E-state index contributed by atoms with van der Waals surface area (Å²) in [7, 11) is 0. The van der Waals surface area contributed by atoms with Crippen LogP contribution in [-0.4, -0.2) is 99.6 Å². The van der Waals surface area contributed by atoms with Crippen molar-refractivity contribution in [3.05, 3.63) is 35.9 Å². The topological polar surface area (TPSA) is 241 Å². The molecule has 9 N–H and O–H groups in total. The third kappa shape index (κ3) is 10.5. The molecule has 1 aromatic rings. The second kappa shape index (κ2) is 16.8. The molecule has 3 rings (SSSR count). The van der Waals surface area contributed by atoms with E-state index in [2.05, 4.69) is 10.6 Å². The number of nitrogens with one attached hydrogen (secondary N) is 3. The second-order valence-corrected chi connectivity index (χ2v) is 10.1. The smallest absolute Gasteiger partial charge is 0.408 e. The van der Waals surface area contributed by atoms with Crippen LogP contribution in [0, 0.1) is 5.41 Å². The number of rotatable bonds is 11. The van der Waals surface area contributed by atoms with E-state index >= 15 is 0 Å². The van der Waals surface area contributed by atoms with E-state index in [0.717, 1.165) is 5.56 Å². The lowest BCUT2D eigenvalue weighted by molar-refractivity contribution is -0.152. The largest absolute Gasteiger partial charge is 0.480 e. The van der Waals surface area contributed by atoms with Crippen molar-refractivity contribution in [2.75, 3.05) is 19.6 Å². The van der Waals surface area contributed by atoms with Crippen LogP contribution < -0.4 is 22.1 Å². The van der Waals surface area contributed by atoms with Gasteiger partial charge in [-0.25, -0.2) is 9.59 Å². The molecule has 15 heteroatoms. The number of benzene rings is 1. The molecular formula is C27H41N7O8. The van der Waals surface area contributed by atoms with Gasteiger partial charge in [0.2, 0.25) is 11.8 Å². The maximum Gasteiger partial charge on any atom is 0.408 e. The van der Waals surface area contributed by atoms with Gasteiger partial charge in [-0.3, -0.25) is 19.8 Å². The summed E-state index contributed by atoms with van der Waals surface area (Å²) in [5, 5.41) is 29.6. The fraction of sp³-hybridized carbons (Fsp3) is 0.556. The molecule has 2 aliphatic rings. The highest BCUT2D eigenvalue weighted by Gasteiger charge is 2.43. The van der Waals surface area contributed by atoms with Crippen molar-refractivity contribution in [3.8, 4) is 0 Å². The van der Waals surface area contributed by atoms with E-state index < -0.39 is 42.2 Å². The highest BCUT2D eigenvalue weighted by atomic mass is 16.5. The number of nitrogens with zero attached hydrogens (tertiary/aromatic N) is 2. The molecule has 2 saturated heterocycles. The summed E-state index contributed by atoms with van der Waals surface area (Å²) < 4.78 is 5.15. The number of aliphatic carboxylic acids is 2. The molecule has 1 aromatic carbocycles. The first kappa shape index (κ1) is 33.8. The van der Waals surface area contributed by atoms with Gasteiger partial charge in [-0.05, 0) is 51.0 Å². The number of amides is 3. The molecule has 0 saturated carbocycles. The van der Waals surface area contributed by atoms with Gasteiger partial charge in [0.15, 0.2) is 5.96 Å². The summed E-state index contributed by atoms with van der Waals surface area (Å²) >= 11 is 0. The fourth-order valence-electron chi connectivity index (χ4n) is 4.69. The van der Waals surface area contributed by atoms with Crippen molar-refractivity contribution in [3.63, 3.8) is 0 Å². The van der Waals surface area contributed by atoms with E-state index in [4.69, 9.17) is 26.7 Å². The monoisotopic (exact) mass is 591 g/mol. The number of carboxylic acid groups (broad SMARTS) is 2. The lowest BCUT2D eigenvalue weighted by Gasteiger charge is -2.31. The van der Waals surface area contributed by atoms with E-state index in [0.29, 0.717) is 58.2 Å². The predicted molar refractivity (Wildman–Crippen MR) is 151 cm³/mol. The van der Waals surface area contributed by atoms with Crippen LogP contribution in [0.3, 0.4) is 0 Å². The molecule has 232 valence electrons. The normalized spacial score (nSPS) is 19.1. The molecule has 0 spiro atoms. The molecule has 2 heterocycles. The lowest BCUT2D eigenvalue weighted by Crippen LogP contribution is -2.54. The Labute approximate surface area is 244 Å². The minimum atomic E-state index is -1.02. The molecule has 15 nitrogen and oxygen atoms in total. The van der Waals surface area contributed by atoms with Crippen molar-refractivity contribution >= 4 is 35.8 Å². The molecule has 3 amide bonds. The van der Waals surface area contributed by atoms with Crippen LogP contribution in [0.2, 0.25) is 0 Å². The quantitative estimate of drug-likeness (QED) is 0.103. The Morgan fingerprint density at radius 3 is 2.26 bits per heavy atom. The molecular weight excluding hydrogens is 550 g/mol. The molecule has 0 radical (unpaired) electrons. The number of nitrogens with two attached hydrogens (primary N) is 2. The van der Waals surface area contributed by atoms with Gasteiger partial charge in [0.25, 0.3) is 0 Å². The fourth-order valence-corrected chi connectivity index (χ4v) is 4.69. The van der Waals surface area contributed by atoms with Crippen molar-refractivity contribution in [1.29, 1.82) is 5.41 Å². The standard InChI is InChI=1S/C21H27N3O6.C6H14N4O2/c1-14(22-21(29)30-13-15-7-3-2-4-8-15)18(25)23-11-5-9-16(23)19(26)24-12-6-10-17(24)20(27)28;7-4(5(11)12)2-1-3-10-6(8)9/h2-4,7-8,14,16-17H,5-6,9-13H2,1H3,(H,22,29)(H,27,28);4H,1-3,7H2,(H,11,12)(H4,8,9,10)/t14-,16-,17-;4-/m00/s1. The summed E-state index contributed by atoms with van der Waals surface area (Å²) in [5.41, 5.74) is 11.0. The van der Waals surface area contributed by atoms with Gasteiger partial charge in [-0.15, -0.1) is 0 Å². The number of carbonyl (C=O) groups excluding carboxylic acids is 3. The number of alkyl carbamates (subject to hydrolysis) is 1. The van der Waals surface area contributed by atoms with Crippen LogP contribution in [0.5, 0.6) is 0 Å². The van der Waals surface area contributed by atoms with Crippen LogP contribution in [0.1, 0.15) is 51.0 Å². The van der Waals surface area contributed by atoms with Crippen LogP contribution in [0.25, 0.3) is 0 Å². The van der Waals surface area contributed by atoms with Gasteiger partial charge in [0.1, 0.15) is 30.8 Å². The predicted octanol–water partition coefficient (Wildman–Crippen LogP) is 0.0295. The van der Waals surface area contributed by atoms with Crippen molar-refractivity contribution < 1.29 is 38.9 Å². The SMILES string of the molecule is C[C@H](NC(=O)OCc1ccccc1)C(=O)N1CCC[C@H]1C(=O)N1CCC[C@H]1C(=O)O.N=C(N)NCCC[C@H](N)C(=O)O. The highest BCUT2D eigenvalue weighted by Crippen LogP contribution is 2.25. The Balaban J connectivity index is 0.000000435. The lowest BCUT2D eigenvalue weighted by atomic mass is 10.1. The van der Waals surface area contributed by atoms with Gasteiger partial charge in [0.05, 0.1) is 0 Å². The van der Waals surface area contributed by atoms with E-state index in [1.54, 1.807) is 6.92 Å². The Hall–Kier alpha value is -4.40. The van der Waals surface area contributed by atoms with Crippen LogP contribution in [0.4, 0.5) is 4.79 Å². The van der Waals surface area contributed by atoms with E-state index in [9.17, 15) is 29.1 Å². The highest BCUT2D eigenvalue weighted by molar-refractivity contribution is 5.93. The molecule has 0 aliphatic carbocycles. The Morgan fingerprint density at radius 2 is 1.67 bits per heavy atom. The number of likely N-dealkylation sites (tertiary alicyclic amines) is 2. The average Bonchev–Trinajstić information content (AvgIpc) is 3.65. The van der Waals surface area contributed by atoms with E-state index in [1.165, 1.54) is 9.80 Å². The third-order valence-electron chi connectivity index (χ3n) is 6.88. The second-order valence-electron chi connectivity index (χ2n) is 10.1. The van der Waals surface area contributed by atoms with Gasteiger partial charge in [-0.1, -0.05) is 30.3 Å². The number of guanidine groups is 1. The molecule has 2 fully saturated rings. The number of ether oxygens (including phenoxy) is 1. The number of carbonyl (C=O) groups is 5. The Bertz CT molecular complexity index is 1100. The Kier molecular flexibility index (Phi) is 13.5. The summed E-state index contributed by atoms with van der Waals surface area (Å²) in [5.74, 6) is -2.84. The van der Waals surface area contributed by atoms with Crippen molar-refractivity contribution in [2.45, 2.75) is 76.2 Å². The van der Waals surface area contributed by atoms with Crippen LogP contribution in [-0.2, 0) is 30.5 Å². The van der Waals surface area contributed by atoms with Crippen LogP contribution in [0.15, 0.2) is 30.3 Å². The maximum absolute atomic E-state index is 12.9. The van der Waals surface area contributed by atoms with Crippen molar-refractivity contribution in [2.24, 2.45) is 11.5 Å². The summed E-state index contributed by atoms with van der Waals surface area (Å²) in [6.07, 6.45) is 2.45. The summed E-state index contributed by atoms with van der Waals surface area (Å²) in [6.45, 7) is 2.89.